The van der Waals surface area contributed by atoms with Gasteiger partial charge in [0.15, 0.2) is 34.9 Å². The molecule has 0 atom stereocenters. The van der Waals surface area contributed by atoms with Gasteiger partial charge in [-0.3, -0.25) is 0 Å². The van der Waals surface area contributed by atoms with Crippen LogP contribution in [0.25, 0.3) is 168 Å². The van der Waals surface area contributed by atoms with Crippen molar-refractivity contribution in [2.24, 2.45) is 0 Å². The summed E-state index contributed by atoms with van der Waals surface area (Å²) in [5.74, 6) is 3.20. The third-order valence-electron chi connectivity index (χ3n) is 18.0. The molecule has 0 aliphatic heterocycles. The first-order chi connectivity index (χ1) is 47.5. The van der Waals surface area contributed by atoms with E-state index in [1.165, 1.54) is 0 Å². The summed E-state index contributed by atoms with van der Waals surface area (Å²) in [6.45, 7) is 0. The molecule has 10 nitrogen and oxygen atoms in total. The second-order valence-electron chi connectivity index (χ2n) is 23.6. The third-order valence-corrected chi connectivity index (χ3v) is 18.0. The number of rotatable bonds is 12. The molecule has 0 spiro atoms. The number of fused-ring (bicyclic) bond motifs is 6. The molecule has 17 rings (SSSR count). The predicted octanol–water partition coefficient (Wildman–Crippen LogP) is 20.7. The molecule has 0 amide bonds. The lowest BCUT2D eigenvalue weighted by Gasteiger charge is -2.17. The Bertz CT molecular complexity index is 5500. The number of para-hydroxylation sites is 2. The van der Waals surface area contributed by atoms with Crippen LogP contribution in [0, 0.1) is 22.7 Å². The van der Waals surface area contributed by atoms with Crippen molar-refractivity contribution in [1.29, 1.82) is 10.5 Å². The average molecular weight is 1230 g/mol. The Morgan fingerprint density at radius 3 is 0.906 bits per heavy atom. The van der Waals surface area contributed by atoms with Gasteiger partial charge >= 0.3 is 0 Å². The van der Waals surface area contributed by atoms with Crippen LogP contribution in [0.4, 0.5) is 0 Å². The minimum atomic E-state index is 0.505. The van der Waals surface area contributed by atoms with Crippen LogP contribution in [0.5, 0.6) is 0 Å². The molecule has 0 aliphatic carbocycles. The molecule has 0 unspecified atom stereocenters. The molecule has 96 heavy (non-hydrogen) atoms. The molecule has 17 aromatic rings. The fraction of sp³-hybridized carbons (Fsp3) is 0. The Hall–Kier alpha value is -13.5. The Kier molecular flexibility index (Phi) is 14.1. The Morgan fingerprint density at radius 2 is 0.521 bits per heavy atom. The Morgan fingerprint density at radius 1 is 0.208 bits per heavy atom. The number of benzene rings is 13. The van der Waals surface area contributed by atoms with Gasteiger partial charge in [0.25, 0.3) is 0 Å². The lowest BCUT2D eigenvalue weighted by molar-refractivity contribution is 1.07. The van der Waals surface area contributed by atoms with E-state index >= 15 is 0 Å². The smallest absolute Gasteiger partial charge is 0.164 e. The zero-order chi connectivity index (χ0) is 64.1. The highest BCUT2D eigenvalue weighted by Gasteiger charge is 2.24. The molecule has 0 fully saturated rings. The monoisotopic (exact) mass is 1220 g/mol. The zero-order valence-electron chi connectivity index (χ0n) is 51.5. The van der Waals surface area contributed by atoms with Gasteiger partial charge in [-0.2, -0.15) is 10.5 Å². The van der Waals surface area contributed by atoms with Crippen molar-refractivity contribution in [1.82, 2.24) is 39.0 Å². The van der Waals surface area contributed by atoms with Crippen molar-refractivity contribution < 1.29 is 0 Å². The summed E-state index contributed by atoms with van der Waals surface area (Å²) in [4.78, 5) is 31.9. The van der Waals surface area contributed by atoms with E-state index in [1.54, 1.807) is 0 Å². The van der Waals surface area contributed by atoms with Crippen LogP contribution < -0.4 is 0 Å². The van der Waals surface area contributed by atoms with Crippen LogP contribution in [0.3, 0.4) is 0 Å². The first-order valence-corrected chi connectivity index (χ1v) is 31.7. The van der Waals surface area contributed by atoms with E-state index < -0.39 is 0 Å². The number of aromatic nitrogens is 8. The number of nitriles is 2. The summed E-state index contributed by atoms with van der Waals surface area (Å²) < 4.78 is 4.62. The molecule has 0 N–H and O–H groups in total. The van der Waals surface area contributed by atoms with E-state index in [1.807, 2.05) is 170 Å². The van der Waals surface area contributed by atoms with Gasteiger partial charge in [-0.25, -0.2) is 29.9 Å². The molecular formula is C86H52N10. The van der Waals surface area contributed by atoms with E-state index in [-0.39, 0.29) is 0 Å². The number of hydrogen-bond donors (Lipinski definition) is 0. The number of hydrogen-bond acceptors (Lipinski definition) is 8. The second-order valence-corrected chi connectivity index (χ2v) is 23.6. The van der Waals surface area contributed by atoms with Crippen LogP contribution in [-0.4, -0.2) is 39.0 Å². The molecule has 446 valence electrons. The van der Waals surface area contributed by atoms with Crippen molar-refractivity contribution in [2.75, 3.05) is 0 Å². The normalized spacial score (nSPS) is 11.3. The largest absolute Gasteiger partial charge is 0.309 e. The highest BCUT2D eigenvalue weighted by molar-refractivity contribution is 6.12. The summed E-state index contributed by atoms with van der Waals surface area (Å²) in [6.07, 6.45) is 0. The van der Waals surface area contributed by atoms with Crippen molar-refractivity contribution in [3.63, 3.8) is 0 Å². The van der Waals surface area contributed by atoms with Crippen molar-refractivity contribution >= 4 is 43.6 Å². The summed E-state index contributed by atoms with van der Waals surface area (Å²) in [7, 11) is 0. The quantitative estimate of drug-likeness (QED) is 0.118. The highest BCUT2D eigenvalue weighted by atomic mass is 15.1. The summed E-state index contributed by atoms with van der Waals surface area (Å²) in [5, 5.41) is 24.7. The van der Waals surface area contributed by atoms with Crippen molar-refractivity contribution in [3.05, 3.63) is 327 Å². The molecular weight excluding hydrogens is 1170 g/mol. The van der Waals surface area contributed by atoms with Gasteiger partial charge in [0.1, 0.15) is 0 Å². The topological polar surface area (TPSA) is 135 Å². The lowest BCUT2D eigenvalue weighted by Crippen LogP contribution is -2.03. The molecule has 4 heterocycles. The number of nitrogens with zero attached hydrogens (tertiary/aromatic N) is 10. The van der Waals surface area contributed by atoms with Crippen LogP contribution in [0.1, 0.15) is 11.1 Å². The SMILES string of the molecule is N#Cc1ccccc1-c1ccc2c(c1)c1ccccc1n2-c1ccc(-c2cccc(-c3ccc(-n4c5ccccc5c5cc(-c6ccccc6C#N)ccc54)cc3-c3nc(-c4ccccc4)nc(-c4ccccc4)n3)c2)c(-c2nc(-c3ccccc3)nc(-c3ccccc3)n2)c1. The molecule has 10 heteroatoms. The predicted molar refractivity (Wildman–Crippen MR) is 386 cm³/mol. The van der Waals surface area contributed by atoms with Gasteiger partial charge in [0, 0.05) is 66.3 Å². The van der Waals surface area contributed by atoms with Gasteiger partial charge < -0.3 is 9.13 Å². The zero-order valence-corrected chi connectivity index (χ0v) is 51.5. The maximum absolute atomic E-state index is 10.2. The van der Waals surface area contributed by atoms with E-state index in [2.05, 4.69) is 167 Å². The van der Waals surface area contributed by atoms with Gasteiger partial charge in [0.05, 0.1) is 45.3 Å². The minimum absolute atomic E-state index is 0.505. The van der Waals surface area contributed by atoms with E-state index in [9.17, 15) is 10.5 Å². The summed E-state index contributed by atoms with van der Waals surface area (Å²) in [5.41, 5.74) is 19.5. The second kappa shape index (κ2) is 23.9. The Labute approximate surface area is 553 Å². The molecule has 0 radical (unpaired) electrons. The average Bonchev–Trinajstić information content (AvgIpc) is 1.57. The fourth-order valence-electron chi connectivity index (χ4n) is 13.4. The lowest BCUT2D eigenvalue weighted by atomic mass is 9.92. The van der Waals surface area contributed by atoms with Crippen LogP contribution in [0.15, 0.2) is 315 Å². The van der Waals surface area contributed by atoms with Crippen LogP contribution in [0.2, 0.25) is 0 Å². The maximum atomic E-state index is 10.2. The molecule has 4 aromatic heterocycles. The maximum Gasteiger partial charge on any atom is 0.164 e. The van der Waals surface area contributed by atoms with Gasteiger partial charge in [-0.15, -0.1) is 0 Å². The van der Waals surface area contributed by atoms with Crippen molar-refractivity contribution in [2.45, 2.75) is 0 Å². The van der Waals surface area contributed by atoms with Crippen molar-refractivity contribution in [3.8, 4) is 136 Å². The fourth-order valence-corrected chi connectivity index (χ4v) is 13.4. The van der Waals surface area contributed by atoms with Crippen LogP contribution in [-0.2, 0) is 0 Å². The molecule has 0 saturated carbocycles. The van der Waals surface area contributed by atoms with E-state index in [4.69, 9.17) is 29.9 Å². The highest BCUT2D eigenvalue weighted by Crippen LogP contribution is 2.44. The van der Waals surface area contributed by atoms with Gasteiger partial charge in [-0.1, -0.05) is 237 Å². The van der Waals surface area contributed by atoms with E-state index in [0.29, 0.717) is 46.1 Å². The summed E-state index contributed by atoms with van der Waals surface area (Å²) in [6, 6.07) is 112. The molecule has 0 aliphatic rings. The molecule has 13 aromatic carbocycles. The molecule has 0 bridgehead atoms. The third kappa shape index (κ3) is 10.1. The van der Waals surface area contributed by atoms with E-state index in [0.717, 1.165) is 133 Å². The van der Waals surface area contributed by atoms with Gasteiger partial charge in [-0.05, 0) is 123 Å². The van der Waals surface area contributed by atoms with Crippen LogP contribution >= 0.6 is 0 Å². The van der Waals surface area contributed by atoms with Gasteiger partial charge in [0.2, 0.25) is 0 Å². The first kappa shape index (κ1) is 56.4. The standard InChI is InChI=1S/C86H52N10/c87-53-63-30-13-15-34-67(63)61-40-46-79-73(49-61)71-36-17-19-38-77(71)95(79)65-42-44-69(75(51-65)85-91-81(55-22-5-1-6-23-55)89-82(92-85)56-24-7-2-8-25-56)59-32-21-33-60(48-59)70-45-43-66(52-76(70)86-93-83(57-26-9-3-10-27-57)90-84(94-86)58-28-11-4-12-29-58)96-78-39-20-18-37-72(78)74-50-62(41-47-80(74)96)68-35-16-14-31-64(68)54-88/h1-52H. The molecule has 0 saturated heterocycles. The first-order valence-electron chi connectivity index (χ1n) is 31.7. The Balaban J connectivity index is 0.891. The summed E-state index contributed by atoms with van der Waals surface area (Å²) >= 11 is 0. The minimum Gasteiger partial charge on any atom is -0.309 e.